The van der Waals surface area contributed by atoms with Gasteiger partial charge < -0.3 is 25.0 Å². The molecule has 2 aliphatic carbocycles. The number of amides is 5. The topological polar surface area (TPSA) is 181 Å². The second-order valence-corrected chi connectivity index (χ2v) is 19.5. The smallest absolute Gasteiger partial charge is 0.410 e. The molecule has 0 radical (unpaired) electrons. The molecule has 2 saturated carbocycles. The first-order valence-corrected chi connectivity index (χ1v) is 20.8. The quantitative estimate of drug-likeness (QED) is 0.352. The van der Waals surface area contributed by atoms with E-state index in [0.717, 1.165) is 6.42 Å². The molecule has 0 unspecified atom stereocenters. The fourth-order valence-corrected chi connectivity index (χ4v) is 9.29. The molecular weight excluding hydrogens is 734 g/mol. The van der Waals surface area contributed by atoms with Gasteiger partial charge in [0.15, 0.2) is 0 Å². The van der Waals surface area contributed by atoms with Crippen molar-refractivity contribution in [2.24, 2.45) is 17.8 Å². The van der Waals surface area contributed by atoms with Crippen molar-refractivity contribution in [3.05, 3.63) is 47.3 Å². The van der Waals surface area contributed by atoms with Crippen LogP contribution in [0.3, 0.4) is 0 Å². The molecule has 7 atom stereocenters. The molecular formula is C39H54FN5O9S. The van der Waals surface area contributed by atoms with Gasteiger partial charge in [0.05, 0.1) is 17.8 Å². The van der Waals surface area contributed by atoms with Gasteiger partial charge >= 0.3 is 12.2 Å². The van der Waals surface area contributed by atoms with E-state index in [-0.39, 0.29) is 44.3 Å². The number of nitrogens with zero attached hydrogens (tertiary/aromatic N) is 2. The zero-order chi connectivity index (χ0) is 40.1. The van der Waals surface area contributed by atoms with Crippen LogP contribution in [0.5, 0.6) is 0 Å². The lowest BCUT2D eigenvalue weighted by Gasteiger charge is -2.34. The summed E-state index contributed by atoms with van der Waals surface area (Å²) in [5.41, 5.74) is -1.41. The number of nitrogens with one attached hydrogen (secondary N) is 3. The Kier molecular flexibility index (Phi) is 11.1. The Morgan fingerprint density at radius 1 is 1.11 bits per heavy atom. The van der Waals surface area contributed by atoms with Gasteiger partial charge in [0.2, 0.25) is 21.8 Å². The summed E-state index contributed by atoms with van der Waals surface area (Å²) in [5, 5.41) is 5.62. The van der Waals surface area contributed by atoms with Gasteiger partial charge in [0.25, 0.3) is 5.91 Å². The van der Waals surface area contributed by atoms with Crippen LogP contribution in [-0.4, -0.2) is 88.7 Å². The molecule has 5 amide bonds. The molecule has 0 bridgehead atoms. The van der Waals surface area contributed by atoms with E-state index in [0.29, 0.717) is 43.2 Å². The molecule has 1 aromatic carbocycles. The van der Waals surface area contributed by atoms with Crippen molar-refractivity contribution in [1.82, 2.24) is 25.2 Å². The number of ether oxygens (including phenoxy) is 2. The second-order valence-electron chi connectivity index (χ2n) is 17.3. The summed E-state index contributed by atoms with van der Waals surface area (Å²) in [6, 6.07) is 2.25. The molecule has 55 heavy (non-hydrogen) atoms. The van der Waals surface area contributed by atoms with Crippen LogP contribution in [0, 0.1) is 23.6 Å². The number of hydrogen-bond donors (Lipinski definition) is 3. The number of carbonyl (C=O) groups is 5. The van der Waals surface area contributed by atoms with Crippen LogP contribution in [0.2, 0.25) is 0 Å². The van der Waals surface area contributed by atoms with Crippen molar-refractivity contribution in [3.8, 4) is 0 Å². The lowest BCUT2D eigenvalue weighted by atomic mass is 9.85. The molecule has 14 nitrogen and oxygen atoms in total. The minimum atomic E-state index is -4.03. The monoisotopic (exact) mass is 787 g/mol. The highest BCUT2D eigenvalue weighted by Crippen LogP contribution is 2.47. The van der Waals surface area contributed by atoms with Crippen LogP contribution >= 0.6 is 0 Å². The van der Waals surface area contributed by atoms with Crippen LogP contribution in [0.1, 0.15) is 104 Å². The Bertz CT molecular complexity index is 1860. The van der Waals surface area contributed by atoms with Crippen LogP contribution in [-0.2, 0) is 47.0 Å². The summed E-state index contributed by atoms with van der Waals surface area (Å²) in [7, 11) is -4.03. The van der Waals surface area contributed by atoms with E-state index >= 15 is 0 Å². The van der Waals surface area contributed by atoms with Gasteiger partial charge in [0, 0.05) is 24.4 Å². The maximum atomic E-state index is 14.8. The third-order valence-electron chi connectivity index (χ3n) is 11.7. The summed E-state index contributed by atoms with van der Waals surface area (Å²) in [6.45, 7) is 10.6. The number of halogens is 1. The predicted octanol–water partition coefficient (Wildman–Crippen LogP) is 4.42. The molecule has 302 valence electrons. The third kappa shape index (κ3) is 8.63. The van der Waals surface area contributed by atoms with Crippen molar-refractivity contribution in [1.29, 1.82) is 0 Å². The van der Waals surface area contributed by atoms with Gasteiger partial charge in [-0.3, -0.25) is 24.0 Å². The van der Waals surface area contributed by atoms with Gasteiger partial charge in [-0.05, 0) is 89.7 Å². The van der Waals surface area contributed by atoms with Crippen molar-refractivity contribution >= 4 is 39.9 Å². The van der Waals surface area contributed by atoms with Crippen LogP contribution in [0.4, 0.5) is 14.0 Å². The van der Waals surface area contributed by atoms with E-state index in [4.69, 9.17) is 9.47 Å². The van der Waals surface area contributed by atoms with E-state index in [1.165, 1.54) is 15.9 Å². The molecule has 3 fully saturated rings. The van der Waals surface area contributed by atoms with Crippen LogP contribution < -0.4 is 15.4 Å². The maximum Gasteiger partial charge on any atom is 0.410 e. The van der Waals surface area contributed by atoms with Gasteiger partial charge in [-0.1, -0.05) is 44.6 Å². The lowest BCUT2D eigenvalue weighted by molar-refractivity contribution is -0.142. The molecule has 5 aliphatic rings. The van der Waals surface area contributed by atoms with E-state index in [2.05, 4.69) is 22.3 Å². The highest BCUT2D eigenvalue weighted by atomic mass is 32.2. The average molecular weight is 788 g/mol. The largest absolute Gasteiger partial charge is 0.444 e. The molecule has 16 heteroatoms. The SMILES string of the molecule is CC[C@@H]1C[C@@H](C)CCC=C[C@@H]2C[C@@]2(C(=O)NS(=O)(=O)C2(C)CC2)NC(=O)[C@@H]2C[C@@H](OC(=O)N3Cc4cccc(F)c4C3)CN2C(=O)[C@H]1NC(=O)OC(C)(C)C. The maximum absolute atomic E-state index is 14.8. The Morgan fingerprint density at radius 2 is 1.84 bits per heavy atom. The van der Waals surface area contributed by atoms with Gasteiger partial charge in [-0.15, -0.1) is 0 Å². The molecule has 1 saturated heterocycles. The van der Waals surface area contributed by atoms with Crippen molar-refractivity contribution in [2.75, 3.05) is 6.54 Å². The van der Waals surface area contributed by atoms with Gasteiger partial charge in [-0.25, -0.2) is 22.4 Å². The number of sulfonamides is 1. The van der Waals surface area contributed by atoms with E-state index in [1.54, 1.807) is 39.8 Å². The second kappa shape index (κ2) is 15.0. The normalized spacial score (nSPS) is 30.5. The first-order chi connectivity index (χ1) is 25.8. The number of hydrogen-bond acceptors (Lipinski definition) is 9. The zero-order valence-electron chi connectivity index (χ0n) is 32.5. The lowest BCUT2D eigenvalue weighted by Crippen LogP contribution is -2.59. The summed E-state index contributed by atoms with van der Waals surface area (Å²) in [5.74, 6) is -3.33. The minimum absolute atomic E-state index is 0.00709. The first-order valence-electron chi connectivity index (χ1n) is 19.3. The number of carbonyl (C=O) groups excluding carboxylic acids is 5. The highest BCUT2D eigenvalue weighted by molar-refractivity contribution is 7.91. The number of rotatable bonds is 6. The number of benzene rings is 1. The summed E-state index contributed by atoms with van der Waals surface area (Å²) in [6.07, 6.45) is 4.53. The van der Waals surface area contributed by atoms with Crippen molar-refractivity contribution in [3.63, 3.8) is 0 Å². The van der Waals surface area contributed by atoms with E-state index in [1.807, 2.05) is 19.1 Å². The fourth-order valence-electron chi connectivity index (χ4n) is 7.98. The standard InChI is InChI=1S/C39H54FN5O9S/c1-7-24-17-23(2)11-8-9-13-26-19-39(26,34(48)43-55(51,52)38(6)15-16-38)42-32(46)30-18-27(21-45(30)33(47)31(24)41-35(49)54-37(3,4)5)53-36(50)44-20-25-12-10-14-29(40)28(25)22-44/h9-10,12-14,23-24,26-27,30-31H,7-8,11,15-22H2,1-6H3,(H,41,49)(H,42,46)(H,43,48)/t23-,24+,26+,27+,30-,31-,39+/m0/s1. The van der Waals surface area contributed by atoms with Gasteiger partial charge in [-0.2, -0.15) is 0 Å². The van der Waals surface area contributed by atoms with Crippen LogP contribution in [0.25, 0.3) is 0 Å². The molecule has 3 aliphatic heterocycles. The van der Waals surface area contributed by atoms with E-state index in [9.17, 15) is 36.8 Å². The zero-order valence-corrected chi connectivity index (χ0v) is 33.3. The van der Waals surface area contributed by atoms with Crippen LogP contribution in [0.15, 0.2) is 30.4 Å². The molecule has 1 aromatic rings. The number of allylic oxidation sites excluding steroid dienone is 1. The molecule has 3 heterocycles. The van der Waals surface area contributed by atoms with Gasteiger partial charge in [0.1, 0.15) is 35.1 Å². The summed E-state index contributed by atoms with van der Waals surface area (Å²) >= 11 is 0. The Morgan fingerprint density at radius 3 is 2.49 bits per heavy atom. The molecule has 0 spiro atoms. The highest BCUT2D eigenvalue weighted by Gasteiger charge is 2.63. The summed E-state index contributed by atoms with van der Waals surface area (Å²) < 4.78 is 53.4. The molecule has 0 aromatic heterocycles. The van der Waals surface area contributed by atoms with Crippen molar-refractivity contribution < 1.29 is 46.3 Å². The number of fused-ring (bicyclic) bond motifs is 3. The van der Waals surface area contributed by atoms with Crippen molar-refractivity contribution in [2.45, 2.75) is 140 Å². The summed E-state index contributed by atoms with van der Waals surface area (Å²) in [4.78, 5) is 72.4. The van der Waals surface area contributed by atoms with E-state index < -0.39 is 85.7 Å². The molecule has 3 N–H and O–H groups in total. The number of alkyl carbamates (subject to hydrolysis) is 1. The predicted molar refractivity (Wildman–Crippen MR) is 199 cm³/mol. The first kappa shape index (κ1) is 40.5. The Hall–Kier alpha value is -4.21. The fraction of sp³-hybridized carbons (Fsp3) is 0.667. The average Bonchev–Trinajstić information content (AvgIpc) is 3.89. The third-order valence-corrected chi connectivity index (χ3v) is 13.9. The molecule has 6 rings (SSSR count). The Labute approximate surface area is 322 Å². The Balaban J connectivity index is 1.31. The minimum Gasteiger partial charge on any atom is -0.444 e.